The average molecular weight is 296 g/mol. The second-order valence-electron chi connectivity index (χ2n) is 5.00. The Hall–Kier alpha value is -1.27. The third-order valence-electron chi connectivity index (χ3n) is 3.77. The van der Waals surface area contributed by atoms with Gasteiger partial charge in [-0.25, -0.2) is 0 Å². The van der Waals surface area contributed by atoms with Gasteiger partial charge < -0.3 is 10.1 Å². The highest BCUT2D eigenvalue weighted by atomic mass is 32.2. The van der Waals surface area contributed by atoms with E-state index in [-0.39, 0.29) is 10.6 Å². The Morgan fingerprint density at radius 3 is 2.90 bits per heavy atom. The maximum Gasteiger partial charge on any atom is 0.270 e. The zero-order valence-electron chi connectivity index (χ0n) is 11.8. The summed E-state index contributed by atoms with van der Waals surface area (Å²) in [4.78, 5) is 10.5. The van der Waals surface area contributed by atoms with Crippen LogP contribution in [0.4, 0.5) is 5.69 Å². The van der Waals surface area contributed by atoms with Gasteiger partial charge in [0, 0.05) is 35.5 Å². The molecule has 1 aliphatic rings. The van der Waals surface area contributed by atoms with Crippen LogP contribution in [0.25, 0.3) is 0 Å². The zero-order valence-corrected chi connectivity index (χ0v) is 12.6. The number of rotatable bonds is 6. The molecule has 1 aliphatic carbocycles. The van der Waals surface area contributed by atoms with Gasteiger partial charge >= 0.3 is 0 Å². The minimum absolute atomic E-state index is 0.107. The summed E-state index contributed by atoms with van der Waals surface area (Å²) >= 11 is 1.92. The van der Waals surface area contributed by atoms with E-state index in [0.717, 1.165) is 10.8 Å². The fourth-order valence-corrected chi connectivity index (χ4v) is 3.41. The quantitative estimate of drug-likeness (QED) is 0.646. The van der Waals surface area contributed by atoms with Crippen molar-refractivity contribution in [2.45, 2.75) is 37.1 Å². The van der Waals surface area contributed by atoms with Crippen molar-refractivity contribution >= 4 is 17.4 Å². The van der Waals surface area contributed by atoms with E-state index in [1.807, 2.05) is 11.8 Å². The molecule has 2 rings (SSSR count). The van der Waals surface area contributed by atoms with Crippen LogP contribution in [0, 0.1) is 10.1 Å². The van der Waals surface area contributed by atoms with E-state index >= 15 is 0 Å². The van der Waals surface area contributed by atoms with Gasteiger partial charge in [0.15, 0.2) is 0 Å². The number of nitrogens with one attached hydrogen (secondary N) is 1. The van der Waals surface area contributed by atoms with E-state index in [9.17, 15) is 10.1 Å². The molecule has 0 bridgehead atoms. The van der Waals surface area contributed by atoms with Gasteiger partial charge in [0.05, 0.1) is 12.0 Å². The predicted molar refractivity (Wildman–Crippen MR) is 81.4 cm³/mol. The molecule has 0 saturated heterocycles. The van der Waals surface area contributed by atoms with Gasteiger partial charge in [0.25, 0.3) is 5.69 Å². The molecular formula is C14H20N2O3S. The maximum atomic E-state index is 10.8. The van der Waals surface area contributed by atoms with Gasteiger partial charge in [-0.2, -0.15) is 11.8 Å². The minimum atomic E-state index is -0.373. The predicted octanol–water partition coefficient (Wildman–Crippen LogP) is 2.98. The van der Waals surface area contributed by atoms with E-state index < -0.39 is 0 Å². The first-order valence-electron chi connectivity index (χ1n) is 6.71. The van der Waals surface area contributed by atoms with Crippen LogP contribution < -0.4 is 10.1 Å². The van der Waals surface area contributed by atoms with E-state index in [4.69, 9.17) is 4.74 Å². The Bertz CT molecular complexity index is 481. The fraction of sp³-hybridized carbons (Fsp3) is 0.571. The first-order chi connectivity index (χ1) is 9.63. The topological polar surface area (TPSA) is 64.4 Å². The van der Waals surface area contributed by atoms with Crippen LogP contribution in [-0.4, -0.2) is 29.6 Å². The number of non-ortho nitro benzene ring substituents is 1. The number of nitro groups is 1. The Balaban J connectivity index is 2.01. The van der Waals surface area contributed by atoms with Crippen LogP contribution in [0.1, 0.15) is 24.8 Å². The van der Waals surface area contributed by atoms with E-state index in [1.54, 1.807) is 19.2 Å². The first kappa shape index (κ1) is 15.1. The van der Waals surface area contributed by atoms with Crippen LogP contribution in [-0.2, 0) is 6.54 Å². The molecule has 0 aromatic heterocycles. The summed E-state index contributed by atoms with van der Waals surface area (Å²) in [6, 6.07) is 5.22. The lowest BCUT2D eigenvalue weighted by Gasteiger charge is -2.14. The molecule has 1 aromatic rings. The molecule has 0 radical (unpaired) electrons. The lowest BCUT2D eigenvalue weighted by Crippen LogP contribution is -2.26. The van der Waals surface area contributed by atoms with Crippen molar-refractivity contribution in [2.75, 3.05) is 13.4 Å². The fourth-order valence-electron chi connectivity index (χ4n) is 2.61. The highest BCUT2D eigenvalue weighted by molar-refractivity contribution is 7.99. The number of thioether (sulfide) groups is 1. The van der Waals surface area contributed by atoms with Crippen molar-refractivity contribution in [1.29, 1.82) is 0 Å². The van der Waals surface area contributed by atoms with E-state index in [1.165, 1.54) is 25.3 Å². The Kier molecular flexibility index (Phi) is 5.25. The van der Waals surface area contributed by atoms with Crippen molar-refractivity contribution in [3.8, 4) is 5.75 Å². The van der Waals surface area contributed by atoms with Crippen molar-refractivity contribution in [3.63, 3.8) is 0 Å². The summed E-state index contributed by atoms with van der Waals surface area (Å²) in [5.41, 5.74) is 0.949. The molecule has 5 nitrogen and oxygen atoms in total. The molecule has 0 aliphatic heterocycles. The highest BCUT2D eigenvalue weighted by Gasteiger charge is 2.23. The smallest absolute Gasteiger partial charge is 0.270 e. The molecule has 110 valence electrons. The van der Waals surface area contributed by atoms with Crippen LogP contribution in [0.15, 0.2) is 18.2 Å². The molecule has 1 fully saturated rings. The molecule has 0 amide bonds. The van der Waals surface area contributed by atoms with Crippen molar-refractivity contribution in [1.82, 2.24) is 5.32 Å². The molecule has 6 heteroatoms. The summed E-state index contributed by atoms with van der Waals surface area (Å²) in [6.07, 6.45) is 5.72. The largest absolute Gasteiger partial charge is 0.496 e. The summed E-state index contributed by atoms with van der Waals surface area (Å²) < 4.78 is 5.27. The van der Waals surface area contributed by atoms with Gasteiger partial charge in [-0.05, 0) is 31.6 Å². The number of hydrogen-bond acceptors (Lipinski definition) is 5. The van der Waals surface area contributed by atoms with Gasteiger partial charge in [0.2, 0.25) is 0 Å². The standard InChI is InChI=1S/C14H20N2O3S/c1-19-14-6-4-12(16(17)18)7-10(14)9-15-11-3-5-13(8-11)20-2/h4,6-7,11,13,15H,3,5,8-9H2,1-2H3. The molecule has 0 heterocycles. The summed E-state index contributed by atoms with van der Waals surface area (Å²) in [7, 11) is 1.59. The first-order valence-corrected chi connectivity index (χ1v) is 8.00. The number of benzene rings is 1. The molecular weight excluding hydrogens is 276 g/mol. The van der Waals surface area contributed by atoms with Gasteiger partial charge in [-0.1, -0.05) is 0 Å². The molecule has 20 heavy (non-hydrogen) atoms. The van der Waals surface area contributed by atoms with Crippen molar-refractivity contribution in [3.05, 3.63) is 33.9 Å². The number of hydrogen-bond donors (Lipinski definition) is 1. The number of methoxy groups -OCH3 is 1. The van der Waals surface area contributed by atoms with E-state index in [0.29, 0.717) is 18.3 Å². The second-order valence-corrected chi connectivity index (χ2v) is 6.14. The van der Waals surface area contributed by atoms with Crippen LogP contribution in [0.2, 0.25) is 0 Å². The lowest BCUT2D eigenvalue weighted by molar-refractivity contribution is -0.384. The molecule has 1 saturated carbocycles. The molecule has 1 N–H and O–H groups in total. The Morgan fingerprint density at radius 2 is 2.30 bits per heavy atom. The lowest BCUT2D eigenvalue weighted by atomic mass is 10.1. The van der Waals surface area contributed by atoms with Gasteiger partial charge in [0.1, 0.15) is 5.75 Å². The third-order valence-corrected chi connectivity index (χ3v) is 4.87. The number of ether oxygens (including phenoxy) is 1. The SMILES string of the molecule is COc1ccc([N+](=O)[O-])cc1CNC1CCC(SC)C1. The van der Waals surface area contributed by atoms with Gasteiger partial charge in [-0.15, -0.1) is 0 Å². The number of nitro benzene ring substituents is 1. The number of nitrogens with zero attached hydrogens (tertiary/aromatic N) is 1. The molecule has 2 unspecified atom stereocenters. The third kappa shape index (κ3) is 3.64. The summed E-state index contributed by atoms with van der Waals surface area (Å²) in [5.74, 6) is 0.697. The maximum absolute atomic E-state index is 10.8. The van der Waals surface area contributed by atoms with Crippen LogP contribution in [0.5, 0.6) is 5.75 Å². The summed E-state index contributed by atoms with van der Waals surface area (Å²) in [6.45, 7) is 0.608. The molecule has 1 aromatic carbocycles. The Labute approximate surface area is 123 Å². The zero-order chi connectivity index (χ0) is 14.5. The molecule has 0 spiro atoms. The van der Waals surface area contributed by atoms with Crippen molar-refractivity contribution < 1.29 is 9.66 Å². The Morgan fingerprint density at radius 1 is 1.50 bits per heavy atom. The van der Waals surface area contributed by atoms with E-state index in [2.05, 4.69) is 11.6 Å². The normalized spacial score (nSPS) is 21.9. The second kappa shape index (κ2) is 6.95. The molecule has 2 atom stereocenters. The summed E-state index contributed by atoms with van der Waals surface area (Å²) in [5, 5.41) is 15.1. The minimum Gasteiger partial charge on any atom is -0.496 e. The van der Waals surface area contributed by atoms with Crippen LogP contribution >= 0.6 is 11.8 Å². The van der Waals surface area contributed by atoms with Crippen molar-refractivity contribution in [2.24, 2.45) is 0 Å². The van der Waals surface area contributed by atoms with Gasteiger partial charge in [-0.3, -0.25) is 10.1 Å². The highest BCUT2D eigenvalue weighted by Crippen LogP contribution is 2.29. The van der Waals surface area contributed by atoms with Crippen LogP contribution in [0.3, 0.4) is 0 Å². The average Bonchev–Trinajstić information content (AvgIpc) is 2.92. The monoisotopic (exact) mass is 296 g/mol.